The molecule has 0 saturated carbocycles. The number of methoxy groups -OCH3 is 1. The van der Waals surface area contributed by atoms with Crippen molar-refractivity contribution in [2.75, 3.05) is 12.4 Å². The van der Waals surface area contributed by atoms with Crippen LogP contribution in [-0.4, -0.2) is 31.1 Å². The van der Waals surface area contributed by atoms with Crippen LogP contribution in [0.2, 0.25) is 5.02 Å². The molecule has 2 amide bonds. The standard InChI is InChI=1S/C17H14ClN3O5/c1-26-14-6-5-10(7-13(14)17(24)25)9-19-21-16(23)15(22)20-12-4-2-3-11(18)8-12/h2-9H,1H3,(H,20,22)(H,21,23)(H,24,25)/p-1/b19-9-. The van der Waals surface area contributed by atoms with E-state index in [0.717, 1.165) is 0 Å². The minimum Gasteiger partial charge on any atom is -0.545 e. The quantitative estimate of drug-likeness (QED) is 0.455. The number of carboxylic acid groups (broad SMARTS) is 1. The van der Waals surface area contributed by atoms with E-state index < -0.39 is 17.8 Å². The van der Waals surface area contributed by atoms with Gasteiger partial charge in [0.1, 0.15) is 5.75 Å². The summed E-state index contributed by atoms with van der Waals surface area (Å²) in [6, 6.07) is 10.5. The largest absolute Gasteiger partial charge is 0.545 e. The average Bonchev–Trinajstić information content (AvgIpc) is 2.61. The fraction of sp³-hybridized carbons (Fsp3) is 0.0588. The molecule has 0 bridgehead atoms. The Balaban J connectivity index is 1.99. The Morgan fingerprint density at radius 3 is 2.58 bits per heavy atom. The highest BCUT2D eigenvalue weighted by Gasteiger charge is 2.13. The van der Waals surface area contributed by atoms with Gasteiger partial charge in [0.05, 0.1) is 19.3 Å². The Morgan fingerprint density at radius 1 is 1.15 bits per heavy atom. The van der Waals surface area contributed by atoms with Crippen molar-refractivity contribution in [1.82, 2.24) is 5.43 Å². The van der Waals surface area contributed by atoms with Gasteiger partial charge < -0.3 is 20.0 Å². The predicted molar refractivity (Wildman–Crippen MR) is 93.1 cm³/mol. The van der Waals surface area contributed by atoms with Crippen molar-refractivity contribution in [3.8, 4) is 5.75 Å². The molecule has 0 aliphatic carbocycles. The summed E-state index contributed by atoms with van der Waals surface area (Å²) in [5, 5.41) is 17.4. The van der Waals surface area contributed by atoms with Crippen LogP contribution in [0.3, 0.4) is 0 Å². The fourth-order valence-corrected chi connectivity index (χ4v) is 2.13. The molecule has 26 heavy (non-hydrogen) atoms. The Morgan fingerprint density at radius 2 is 1.92 bits per heavy atom. The molecule has 2 aromatic carbocycles. The van der Waals surface area contributed by atoms with Gasteiger partial charge in [0.25, 0.3) is 0 Å². The molecule has 0 fully saturated rings. The molecule has 0 saturated heterocycles. The Hall–Kier alpha value is -3.39. The van der Waals surface area contributed by atoms with Gasteiger partial charge in [-0.25, -0.2) is 5.43 Å². The van der Waals surface area contributed by atoms with Crippen LogP contribution in [0, 0.1) is 0 Å². The molecule has 0 aromatic heterocycles. The molecule has 2 N–H and O–H groups in total. The highest BCUT2D eigenvalue weighted by Crippen LogP contribution is 2.18. The van der Waals surface area contributed by atoms with Crippen molar-refractivity contribution in [2.24, 2.45) is 5.10 Å². The van der Waals surface area contributed by atoms with E-state index in [4.69, 9.17) is 16.3 Å². The second-order valence-electron chi connectivity index (χ2n) is 4.91. The minimum atomic E-state index is -1.41. The number of nitrogens with zero attached hydrogens (tertiary/aromatic N) is 1. The van der Waals surface area contributed by atoms with E-state index in [1.54, 1.807) is 18.2 Å². The first-order valence-corrected chi connectivity index (χ1v) is 7.58. The summed E-state index contributed by atoms with van der Waals surface area (Å²) in [6.45, 7) is 0. The SMILES string of the molecule is COc1ccc(/C=N\NC(=O)C(=O)Nc2cccc(Cl)c2)cc1C(=O)[O-]. The maximum atomic E-state index is 11.8. The van der Waals surface area contributed by atoms with Crippen LogP contribution in [0.15, 0.2) is 47.6 Å². The number of anilines is 1. The number of amides is 2. The van der Waals surface area contributed by atoms with Crippen molar-refractivity contribution < 1.29 is 24.2 Å². The number of carbonyl (C=O) groups is 3. The van der Waals surface area contributed by atoms with Crippen LogP contribution >= 0.6 is 11.6 Å². The van der Waals surface area contributed by atoms with E-state index in [1.807, 2.05) is 5.43 Å². The van der Waals surface area contributed by atoms with E-state index in [1.165, 1.54) is 37.6 Å². The number of hydrazone groups is 1. The summed E-state index contributed by atoms with van der Waals surface area (Å²) in [6.07, 6.45) is 1.18. The molecule has 2 rings (SSSR count). The number of hydrogen-bond donors (Lipinski definition) is 2. The van der Waals surface area contributed by atoms with Gasteiger partial charge in [-0.1, -0.05) is 17.7 Å². The summed E-state index contributed by atoms with van der Waals surface area (Å²) in [5.74, 6) is -3.22. The van der Waals surface area contributed by atoms with Gasteiger partial charge in [0.2, 0.25) is 0 Å². The van der Waals surface area contributed by atoms with Gasteiger partial charge in [0.15, 0.2) is 0 Å². The average molecular weight is 375 g/mol. The zero-order valence-corrected chi connectivity index (χ0v) is 14.2. The van der Waals surface area contributed by atoms with E-state index in [-0.39, 0.29) is 11.3 Å². The summed E-state index contributed by atoms with van der Waals surface area (Å²) < 4.78 is 4.90. The lowest BCUT2D eigenvalue weighted by atomic mass is 10.1. The van der Waals surface area contributed by atoms with Gasteiger partial charge in [0, 0.05) is 16.3 Å². The lowest BCUT2D eigenvalue weighted by molar-refractivity contribution is -0.255. The molecule has 134 valence electrons. The van der Waals surface area contributed by atoms with Crippen LogP contribution in [0.25, 0.3) is 0 Å². The van der Waals surface area contributed by atoms with E-state index in [2.05, 4.69) is 10.4 Å². The first kappa shape index (κ1) is 18.9. The Labute approximate surface area is 153 Å². The zero-order valence-electron chi connectivity index (χ0n) is 13.5. The summed E-state index contributed by atoms with van der Waals surface area (Å²) >= 11 is 5.79. The van der Waals surface area contributed by atoms with Crippen LogP contribution in [0.5, 0.6) is 5.75 Å². The molecule has 2 aromatic rings. The smallest absolute Gasteiger partial charge is 0.329 e. The molecule has 9 heteroatoms. The van der Waals surface area contributed by atoms with E-state index >= 15 is 0 Å². The number of carbonyl (C=O) groups excluding carboxylic acids is 3. The van der Waals surface area contributed by atoms with Crippen molar-refractivity contribution in [2.45, 2.75) is 0 Å². The number of benzene rings is 2. The molecule has 0 radical (unpaired) electrons. The number of nitrogens with one attached hydrogen (secondary N) is 2. The minimum absolute atomic E-state index is 0.132. The van der Waals surface area contributed by atoms with Crippen LogP contribution < -0.4 is 20.6 Å². The second-order valence-corrected chi connectivity index (χ2v) is 5.35. The number of halogens is 1. The molecule has 0 spiro atoms. The number of ether oxygens (including phenoxy) is 1. The predicted octanol–water partition coefficient (Wildman–Crippen LogP) is 0.801. The lowest BCUT2D eigenvalue weighted by Crippen LogP contribution is -2.32. The molecular formula is C17H13ClN3O5-. The number of rotatable bonds is 5. The van der Waals surface area contributed by atoms with E-state index in [9.17, 15) is 19.5 Å². The first-order chi connectivity index (χ1) is 12.4. The Bertz CT molecular complexity index is 882. The third kappa shape index (κ3) is 5.05. The van der Waals surface area contributed by atoms with Gasteiger partial charge in [-0.3, -0.25) is 9.59 Å². The van der Waals surface area contributed by atoms with Crippen LogP contribution in [-0.2, 0) is 9.59 Å². The number of carboxylic acids is 1. The zero-order chi connectivity index (χ0) is 19.1. The fourth-order valence-electron chi connectivity index (χ4n) is 1.94. The first-order valence-electron chi connectivity index (χ1n) is 7.20. The van der Waals surface area contributed by atoms with E-state index in [0.29, 0.717) is 16.3 Å². The van der Waals surface area contributed by atoms with Crippen molar-refractivity contribution >= 4 is 41.3 Å². The number of aromatic carboxylic acids is 1. The van der Waals surface area contributed by atoms with Gasteiger partial charge in [-0.05, 0) is 42.0 Å². The summed E-state index contributed by atoms with van der Waals surface area (Å²) in [7, 11) is 1.33. The highest BCUT2D eigenvalue weighted by atomic mass is 35.5. The molecule has 0 aliphatic rings. The van der Waals surface area contributed by atoms with Gasteiger partial charge >= 0.3 is 11.8 Å². The van der Waals surface area contributed by atoms with Crippen molar-refractivity contribution in [3.05, 3.63) is 58.6 Å². The third-order valence-corrected chi connectivity index (χ3v) is 3.35. The highest BCUT2D eigenvalue weighted by molar-refractivity contribution is 6.39. The van der Waals surface area contributed by atoms with Crippen LogP contribution in [0.1, 0.15) is 15.9 Å². The molecule has 0 aliphatic heterocycles. The van der Waals surface area contributed by atoms with Gasteiger partial charge in [-0.15, -0.1) is 0 Å². The van der Waals surface area contributed by atoms with Gasteiger partial charge in [-0.2, -0.15) is 5.10 Å². The number of hydrogen-bond acceptors (Lipinski definition) is 6. The summed E-state index contributed by atoms with van der Waals surface area (Å²) in [4.78, 5) is 34.5. The van der Waals surface area contributed by atoms with Crippen molar-refractivity contribution in [3.63, 3.8) is 0 Å². The maximum Gasteiger partial charge on any atom is 0.329 e. The third-order valence-electron chi connectivity index (χ3n) is 3.11. The molecule has 0 atom stereocenters. The molecule has 0 unspecified atom stereocenters. The maximum absolute atomic E-state index is 11.8. The Kier molecular flexibility index (Phi) is 6.29. The lowest BCUT2D eigenvalue weighted by Gasteiger charge is -2.09. The van der Waals surface area contributed by atoms with Crippen molar-refractivity contribution in [1.29, 1.82) is 0 Å². The topological polar surface area (TPSA) is 120 Å². The normalized spacial score (nSPS) is 10.4. The molecule has 0 heterocycles. The molecular weight excluding hydrogens is 362 g/mol. The second kappa shape index (κ2) is 8.63. The summed E-state index contributed by atoms with van der Waals surface area (Å²) in [5.41, 5.74) is 2.59. The monoisotopic (exact) mass is 374 g/mol. The molecule has 8 nitrogen and oxygen atoms in total. The van der Waals surface area contributed by atoms with Crippen LogP contribution in [0.4, 0.5) is 5.69 Å².